The summed E-state index contributed by atoms with van der Waals surface area (Å²) in [5.74, 6) is -3.33. The third-order valence-corrected chi connectivity index (χ3v) is 1.40. The number of nitrogens with zero attached hydrogens (tertiary/aromatic N) is 2. The Hall–Kier alpha value is -1.73. The van der Waals surface area contributed by atoms with Crippen LogP contribution in [0.2, 0.25) is 0 Å². The van der Waals surface area contributed by atoms with E-state index in [-0.39, 0.29) is 6.20 Å². The molecule has 0 spiro atoms. The molecule has 0 saturated heterocycles. The second-order valence-corrected chi connectivity index (χ2v) is 2.22. The molecule has 0 aliphatic rings. The van der Waals surface area contributed by atoms with Gasteiger partial charge in [0, 0.05) is 0 Å². The number of pyridine rings is 1. The molecule has 0 bridgehead atoms. The van der Waals surface area contributed by atoms with Gasteiger partial charge in [-0.1, -0.05) is 0 Å². The van der Waals surface area contributed by atoms with Crippen LogP contribution >= 0.6 is 0 Å². The van der Waals surface area contributed by atoms with E-state index in [1.54, 1.807) is 0 Å². The molecule has 1 aromatic rings. The quantitative estimate of drug-likeness (QED) is 0.325. The summed E-state index contributed by atoms with van der Waals surface area (Å²) in [7, 11) is 0. The number of alkyl halides is 2. The van der Waals surface area contributed by atoms with E-state index in [1.807, 2.05) is 0 Å². The number of aromatic nitrogens is 1. The molecule has 0 radical (unpaired) electrons. The summed E-state index contributed by atoms with van der Waals surface area (Å²) < 4.78 is 49.4. The van der Waals surface area contributed by atoms with Crippen molar-refractivity contribution in [1.29, 1.82) is 0 Å². The van der Waals surface area contributed by atoms with Crippen LogP contribution in [0.4, 0.5) is 23.2 Å². The van der Waals surface area contributed by atoms with Gasteiger partial charge in [-0.2, -0.15) is 4.39 Å². The van der Waals surface area contributed by atoms with E-state index in [2.05, 4.69) is 4.98 Å². The van der Waals surface area contributed by atoms with E-state index < -0.39 is 34.4 Å². The number of rotatable bonds is 2. The highest BCUT2D eigenvalue weighted by atomic mass is 19.3. The van der Waals surface area contributed by atoms with Crippen molar-refractivity contribution in [3.63, 3.8) is 0 Å². The Morgan fingerprint density at radius 1 is 1.43 bits per heavy atom. The van der Waals surface area contributed by atoms with Crippen LogP contribution in [0.3, 0.4) is 0 Å². The van der Waals surface area contributed by atoms with Gasteiger partial charge in [-0.3, -0.25) is 10.1 Å². The molecule has 0 fully saturated rings. The maximum atomic E-state index is 12.6. The van der Waals surface area contributed by atoms with E-state index in [4.69, 9.17) is 0 Å². The van der Waals surface area contributed by atoms with E-state index in [1.165, 1.54) is 0 Å². The third-order valence-electron chi connectivity index (χ3n) is 1.40. The van der Waals surface area contributed by atoms with Gasteiger partial charge in [-0.25, -0.2) is 18.2 Å². The highest BCUT2D eigenvalue weighted by molar-refractivity contribution is 5.40. The first-order valence-corrected chi connectivity index (χ1v) is 3.21. The maximum Gasteiger partial charge on any atom is 0.335 e. The second-order valence-electron chi connectivity index (χ2n) is 2.22. The van der Waals surface area contributed by atoms with Crippen molar-refractivity contribution in [1.82, 2.24) is 4.98 Å². The van der Waals surface area contributed by atoms with Crippen LogP contribution in [0.25, 0.3) is 0 Å². The van der Waals surface area contributed by atoms with Crippen molar-refractivity contribution in [3.05, 3.63) is 33.6 Å². The third kappa shape index (κ3) is 1.63. The highest BCUT2D eigenvalue weighted by Gasteiger charge is 2.31. The zero-order chi connectivity index (χ0) is 10.9. The number of hydrogen-bond donors (Lipinski definition) is 0. The summed E-state index contributed by atoms with van der Waals surface area (Å²) in [6.45, 7) is 0. The minimum absolute atomic E-state index is 0.170. The standard InChI is InChI=1S/C6H2F4N2O2/c7-2-1-11-6(10)4(12(13)14)3(2)5(8)9/h1,5H. The Kier molecular flexibility index (Phi) is 2.63. The van der Waals surface area contributed by atoms with E-state index in [9.17, 15) is 27.7 Å². The van der Waals surface area contributed by atoms with Crippen LogP contribution in [-0.2, 0) is 0 Å². The first kappa shape index (κ1) is 10.4. The molecule has 76 valence electrons. The minimum atomic E-state index is -3.46. The number of halogens is 4. The molecule has 0 atom stereocenters. The minimum Gasteiger partial charge on any atom is -0.258 e. The van der Waals surface area contributed by atoms with Gasteiger partial charge in [-0.05, 0) is 0 Å². The van der Waals surface area contributed by atoms with Crippen molar-refractivity contribution in [2.75, 3.05) is 0 Å². The van der Waals surface area contributed by atoms with Crippen LogP contribution in [0.1, 0.15) is 12.0 Å². The fourth-order valence-corrected chi connectivity index (χ4v) is 0.850. The molecule has 1 aromatic heterocycles. The second kappa shape index (κ2) is 3.56. The molecule has 0 aliphatic heterocycles. The van der Waals surface area contributed by atoms with Crippen molar-refractivity contribution in [2.45, 2.75) is 6.43 Å². The monoisotopic (exact) mass is 210 g/mol. The van der Waals surface area contributed by atoms with Crippen molar-refractivity contribution in [3.8, 4) is 0 Å². The van der Waals surface area contributed by atoms with Crippen molar-refractivity contribution < 1.29 is 22.5 Å². The maximum absolute atomic E-state index is 12.6. The zero-order valence-corrected chi connectivity index (χ0v) is 6.38. The Morgan fingerprint density at radius 2 is 2.00 bits per heavy atom. The van der Waals surface area contributed by atoms with Crippen LogP contribution in [0.15, 0.2) is 6.20 Å². The fraction of sp³-hybridized carbons (Fsp3) is 0.167. The summed E-state index contributed by atoms with van der Waals surface area (Å²) >= 11 is 0. The van der Waals surface area contributed by atoms with Crippen molar-refractivity contribution in [2.24, 2.45) is 0 Å². The lowest BCUT2D eigenvalue weighted by Crippen LogP contribution is -2.04. The predicted molar refractivity (Wildman–Crippen MR) is 35.8 cm³/mol. The van der Waals surface area contributed by atoms with Crippen LogP contribution in [-0.4, -0.2) is 9.91 Å². The molecule has 1 rings (SSSR count). The molecule has 0 aromatic carbocycles. The summed E-state index contributed by atoms with van der Waals surface area (Å²) in [5, 5.41) is 10.1. The van der Waals surface area contributed by atoms with E-state index in [0.29, 0.717) is 0 Å². The molecule has 0 amide bonds. The van der Waals surface area contributed by atoms with Crippen LogP contribution < -0.4 is 0 Å². The molecule has 0 aliphatic carbocycles. The molecule has 8 heteroatoms. The van der Waals surface area contributed by atoms with Gasteiger partial charge in [0.15, 0.2) is 5.82 Å². The zero-order valence-electron chi connectivity index (χ0n) is 6.38. The van der Waals surface area contributed by atoms with Gasteiger partial charge < -0.3 is 0 Å². The summed E-state index contributed by atoms with van der Waals surface area (Å²) in [5.41, 5.74) is -3.21. The van der Waals surface area contributed by atoms with Gasteiger partial charge in [0.25, 0.3) is 12.4 Å². The van der Waals surface area contributed by atoms with E-state index >= 15 is 0 Å². The molecule has 14 heavy (non-hydrogen) atoms. The van der Waals surface area contributed by atoms with Gasteiger partial charge in [-0.15, -0.1) is 0 Å². The Morgan fingerprint density at radius 3 is 2.36 bits per heavy atom. The molecule has 1 heterocycles. The summed E-state index contributed by atoms with van der Waals surface area (Å²) in [4.78, 5) is 11.3. The molecular formula is C6H2F4N2O2. The topological polar surface area (TPSA) is 56.0 Å². The average Bonchev–Trinajstić information content (AvgIpc) is 2.07. The molecule has 0 saturated carbocycles. The largest absolute Gasteiger partial charge is 0.335 e. The Bertz CT molecular complexity index is 382. The van der Waals surface area contributed by atoms with Crippen LogP contribution in [0, 0.1) is 21.9 Å². The predicted octanol–water partition coefficient (Wildman–Crippen LogP) is 2.21. The lowest BCUT2D eigenvalue weighted by molar-refractivity contribution is -0.389. The van der Waals surface area contributed by atoms with Crippen molar-refractivity contribution >= 4 is 5.69 Å². The summed E-state index contributed by atoms with van der Waals surface area (Å²) in [6.07, 6.45) is -3.29. The lowest BCUT2D eigenvalue weighted by Gasteiger charge is -2.02. The lowest BCUT2D eigenvalue weighted by atomic mass is 10.2. The molecular weight excluding hydrogens is 208 g/mol. The first-order chi connectivity index (χ1) is 6.45. The van der Waals surface area contributed by atoms with Gasteiger partial charge in [0.2, 0.25) is 0 Å². The fourth-order valence-electron chi connectivity index (χ4n) is 0.850. The van der Waals surface area contributed by atoms with E-state index in [0.717, 1.165) is 0 Å². The molecule has 0 unspecified atom stereocenters. The van der Waals surface area contributed by atoms with Gasteiger partial charge >= 0.3 is 5.69 Å². The molecule has 0 N–H and O–H groups in total. The number of hydrogen-bond acceptors (Lipinski definition) is 3. The Labute approximate surface area is 74.3 Å². The van der Waals surface area contributed by atoms with Gasteiger partial charge in [0.1, 0.15) is 5.56 Å². The van der Waals surface area contributed by atoms with Gasteiger partial charge in [0.05, 0.1) is 11.1 Å². The smallest absolute Gasteiger partial charge is 0.258 e. The average molecular weight is 210 g/mol. The van der Waals surface area contributed by atoms with Crippen LogP contribution in [0.5, 0.6) is 0 Å². The molecule has 4 nitrogen and oxygen atoms in total. The highest BCUT2D eigenvalue weighted by Crippen LogP contribution is 2.31. The summed E-state index contributed by atoms with van der Waals surface area (Å²) in [6, 6.07) is 0. The normalized spacial score (nSPS) is 10.6. The SMILES string of the molecule is O=[N+]([O-])c1c(F)ncc(F)c1C(F)F. The first-order valence-electron chi connectivity index (χ1n) is 3.21. The number of nitro groups is 1. The Balaban J connectivity index is 3.50.